The quantitative estimate of drug-likeness (QED) is 0.677. The molecule has 0 saturated carbocycles. The first-order valence-corrected chi connectivity index (χ1v) is 8.27. The van der Waals surface area contributed by atoms with E-state index in [9.17, 15) is 9.59 Å². The molecule has 136 valence electrons. The predicted molar refractivity (Wildman–Crippen MR) is 101 cm³/mol. The molecule has 3 rings (SSSR count). The number of carbonyl (C=O) groups excluding carboxylic acids is 2. The molecule has 3 aromatic rings. The Labute approximate surface area is 156 Å². The van der Waals surface area contributed by atoms with Gasteiger partial charge in [0.15, 0.2) is 0 Å². The molecule has 6 heteroatoms. The summed E-state index contributed by atoms with van der Waals surface area (Å²) in [4.78, 5) is 27.8. The lowest BCUT2D eigenvalue weighted by Crippen LogP contribution is -2.12. The maximum atomic E-state index is 12.3. The van der Waals surface area contributed by atoms with Crippen LogP contribution >= 0.6 is 0 Å². The molecule has 0 unspecified atom stereocenters. The number of hydrogen-bond donors (Lipinski definition) is 1. The number of amides is 1. The number of methoxy groups -OCH3 is 1. The molecular formula is C21H18N2O4. The number of benzene rings is 2. The number of rotatable bonds is 6. The van der Waals surface area contributed by atoms with Gasteiger partial charge >= 0.3 is 5.97 Å². The summed E-state index contributed by atoms with van der Waals surface area (Å²) < 4.78 is 10.3. The van der Waals surface area contributed by atoms with E-state index in [0.29, 0.717) is 29.2 Å². The van der Waals surface area contributed by atoms with E-state index in [2.05, 4.69) is 15.0 Å². The lowest BCUT2D eigenvalue weighted by Gasteiger charge is -2.08. The van der Waals surface area contributed by atoms with E-state index in [4.69, 9.17) is 4.74 Å². The number of esters is 1. The number of carbonyl (C=O) groups is 2. The van der Waals surface area contributed by atoms with E-state index in [0.717, 1.165) is 5.56 Å². The van der Waals surface area contributed by atoms with Crippen molar-refractivity contribution < 1.29 is 19.1 Å². The van der Waals surface area contributed by atoms with Gasteiger partial charge in [0.05, 0.1) is 12.7 Å². The van der Waals surface area contributed by atoms with Gasteiger partial charge in [0.2, 0.25) is 0 Å². The van der Waals surface area contributed by atoms with Crippen LogP contribution in [0.3, 0.4) is 0 Å². The van der Waals surface area contributed by atoms with Gasteiger partial charge in [-0.25, -0.2) is 4.79 Å². The smallest absolute Gasteiger partial charge is 0.337 e. The third-order valence-electron chi connectivity index (χ3n) is 3.81. The fraction of sp³-hybridized carbons (Fsp3) is 0.0952. The van der Waals surface area contributed by atoms with Crippen LogP contribution in [-0.2, 0) is 11.3 Å². The Morgan fingerprint density at radius 3 is 2.30 bits per heavy atom. The second kappa shape index (κ2) is 8.62. The first-order valence-electron chi connectivity index (χ1n) is 8.27. The number of nitrogens with one attached hydrogen (secondary N) is 1. The number of pyridine rings is 1. The summed E-state index contributed by atoms with van der Waals surface area (Å²) in [5.74, 6) is -0.00721. The molecule has 0 fully saturated rings. The number of nitrogens with zero attached hydrogens (tertiary/aromatic N) is 1. The van der Waals surface area contributed by atoms with Crippen LogP contribution in [0.2, 0.25) is 0 Å². The van der Waals surface area contributed by atoms with Gasteiger partial charge in [-0.05, 0) is 54.6 Å². The van der Waals surface area contributed by atoms with Crippen molar-refractivity contribution in [1.82, 2.24) is 4.98 Å². The Morgan fingerprint density at radius 2 is 1.67 bits per heavy atom. The van der Waals surface area contributed by atoms with Crippen molar-refractivity contribution in [3.63, 3.8) is 0 Å². The van der Waals surface area contributed by atoms with E-state index >= 15 is 0 Å². The summed E-state index contributed by atoms with van der Waals surface area (Å²) in [6.45, 7) is 0.409. The van der Waals surface area contributed by atoms with Gasteiger partial charge in [-0.1, -0.05) is 6.07 Å². The fourth-order valence-electron chi connectivity index (χ4n) is 2.36. The summed E-state index contributed by atoms with van der Waals surface area (Å²) in [7, 11) is 1.32. The third kappa shape index (κ3) is 4.92. The molecule has 6 nitrogen and oxygen atoms in total. The molecule has 2 aromatic carbocycles. The molecule has 0 atom stereocenters. The first-order chi connectivity index (χ1) is 13.2. The maximum absolute atomic E-state index is 12.3. The van der Waals surface area contributed by atoms with Crippen LogP contribution < -0.4 is 10.1 Å². The van der Waals surface area contributed by atoms with E-state index in [1.807, 2.05) is 12.1 Å². The van der Waals surface area contributed by atoms with E-state index < -0.39 is 5.97 Å². The van der Waals surface area contributed by atoms with Gasteiger partial charge in [-0.2, -0.15) is 0 Å². The minimum atomic E-state index is -0.422. The van der Waals surface area contributed by atoms with Crippen LogP contribution in [0, 0.1) is 0 Å². The Kier molecular flexibility index (Phi) is 5.79. The number of anilines is 1. The second-order valence-electron chi connectivity index (χ2n) is 5.70. The Hall–Kier alpha value is -3.67. The molecule has 0 aliphatic heterocycles. The molecule has 0 spiro atoms. The van der Waals surface area contributed by atoms with Gasteiger partial charge in [0.25, 0.3) is 5.91 Å². The van der Waals surface area contributed by atoms with Crippen LogP contribution in [0.1, 0.15) is 26.3 Å². The standard InChI is InChI=1S/C21H18N2O4/c1-26-21(25)17-4-8-18(9-5-17)23-20(24)16-6-10-19(11-7-16)27-14-15-3-2-12-22-13-15/h2-13H,14H2,1H3,(H,23,24). The minimum Gasteiger partial charge on any atom is -0.489 e. The lowest BCUT2D eigenvalue weighted by atomic mass is 10.1. The highest BCUT2D eigenvalue weighted by atomic mass is 16.5. The molecule has 0 saturated heterocycles. The Balaban J connectivity index is 1.58. The molecule has 1 aromatic heterocycles. The number of hydrogen-bond acceptors (Lipinski definition) is 5. The topological polar surface area (TPSA) is 77.5 Å². The van der Waals surface area contributed by atoms with Gasteiger partial charge in [0, 0.05) is 29.2 Å². The lowest BCUT2D eigenvalue weighted by molar-refractivity contribution is 0.0600. The van der Waals surface area contributed by atoms with Crippen molar-refractivity contribution in [2.75, 3.05) is 12.4 Å². The van der Waals surface area contributed by atoms with E-state index in [-0.39, 0.29) is 5.91 Å². The molecule has 1 N–H and O–H groups in total. The zero-order chi connectivity index (χ0) is 19.1. The largest absolute Gasteiger partial charge is 0.489 e. The van der Waals surface area contributed by atoms with Gasteiger partial charge in [-0.3, -0.25) is 9.78 Å². The third-order valence-corrected chi connectivity index (χ3v) is 3.81. The molecule has 27 heavy (non-hydrogen) atoms. The minimum absolute atomic E-state index is 0.250. The molecule has 0 radical (unpaired) electrons. The van der Waals surface area contributed by atoms with Crippen LogP contribution in [0.15, 0.2) is 73.1 Å². The van der Waals surface area contributed by atoms with Crippen molar-refractivity contribution in [2.45, 2.75) is 6.61 Å². The van der Waals surface area contributed by atoms with Crippen molar-refractivity contribution in [1.29, 1.82) is 0 Å². The summed E-state index contributed by atoms with van der Waals surface area (Å²) in [5, 5.41) is 2.78. The van der Waals surface area contributed by atoms with Gasteiger partial charge < -0.3 is 14.8 Å². The molecule has 1 heterocycles. The monoisotopic (exact) mass is 362 g/mol. The molecule has 0 aliphatic carbocycles. The Bertz CT molecular complexity index is 907. The van der Waals surface area contributed by atoms with E-state index in [1.54, 1.807) is 60.9 Å². The number of ether oxygens (including phenoxy) is 2. The van der Waals surface area contributed by atoms with Gasteiger partial charge in [0.1, 0.15) is 12.4 Å². The van der Waals surface area contributed by atoms with Crippen molar-refractivity contribution in [3.05, 3.63) is 89.7 Å². The van der Waals surface area contributed by atoms with Crippen LogP contribution in [-0.4, -0.2) is 24.0 Å². The zero-order valence-electron chi connectivity index (χ0n) is 14.7. The summed E-state index contributed by atoms with van der Waals surface area (Å²) in [5.41, 5.74) is 2.48. The van der Waals surface area contributed by atoms with Crippen LogP contribution in [0.25, 0.3) is 0 Å². The van der Waals surface area contributed by atoms with Crippen molar-refractivity contribution in [2.24, 2.45) is 0 Å². The highest BCUT2D eigenvalue weighted by Crippen LogP contribution is 2.16. The second-order valence-corrected chi connectivity index (χ2v) is 5.70. The highest BCUT2D eigenvalue weighted by Gasteiger charge is 2.08. The molecular weight excluding hydrogens is 344 g/mol. The highest BCUT2D eigenvalue weighted by molar-refractivity contribution is 6.04. The summed E-state index contributed by atoms with van der Waals surface area (Å²) >= 11 is 0. The normalized spacial score (nSPS) is 10.1. The predicted octanol–water partition coefficient (Wildman–Crippen LogP) is 3.70. The first kappa shape index (κ1) is 18.1. The van der Waals surface area contributed by atoms with Gasteiger partial charge in [-0.15, -0.1) is 0 Å². The van der Waals surface area contributed by atoms with Crippen molar-refractivity contribution in [3.8, 4) is 5.75 Å². The number of aromatic nitrogens is 1. The zero-order valence-corrected chi connectivity index (χ0v) is 14.7. The average molecular weight is 362 g/mol. The van der Waals surface area contributed by atoms with Crippen LogP contribution in [0.5, 0.6) is 5.75 Å². The molecule has 0 aliphatic rings. The van der Waals surface area contributed by atoms with E-state index in [1.165, 1.54) is 7.11 Å². The van der Waals surface area contributed by atoms with Crippen molar-refractivity contribution >= 4 is 17.6 Å². The fourth-order valence-corrected chi connectivity index (χ4v) is 2.36. The summed E-state index contributed by atoms with van der Waals surface area (Å²) in [6.07, 6.45) is 3.45. The molecule has 0 bridgehead atoms. The maximum Gasteiger partial charge on any atom is 0.337 e. The SMILES string of the molecule is COC(=O)c1ccc(NC(=O)c2ccc(OCc3cccnc3)cc2)cc1. The average Bonchev–Trinajstić information content (AvgIpc) is 2.73. The van der Waals surface area contributed by atoms with Crippen LogP contribution in [0.4, 0.5) is 5.69 Å². The summed E-state index contributed by atoms with van der Waals surface area (Å²) in [6, 6.07) is 17.1. The Morgan fingerprint density at radius 1 is 0.963 bits per heavy atom. The molecule has 1 amide bonds.